The molecule has 3 aromatic carbocycles. The summed E-state index contributed by atoms with van der Waals surface area (Å²) in [6.45, 7) is 2.16. The fourth-order valence-corrected chi connectivity index (χ4v) is 3.08. The van der Waals surface area contributed by atoms with Crippen LogP contribution in [0.15, 0.2) is 78.9 Å². The van der Waals surface area contributed by atoms with Gasteiger partial charge in [0.15, 0.2) is 5.82 Å². The Morgan fingerprint density at radius 3 is 2.20 bits per heavy atom. The Kier molecular flexibility index (Phi) is 4.13. The van der Waals surface area contributed by atoms with Gasteiger partial charge < -0.3 is 5.32 Å². The smallest absolute Gasteiger partial charge is 0.161 e. The molecule has 0 amide bonds. The van der Waals surface area contributed by atoms with E-state index in [0.717, 1.165) is 40.0 Å². The lowest BCUT2D eigenvalue weighted by atomic mass is 10.0. The van der Waals surface area contributed by atoms with Crippen molar-refractivity contribution in [2.75, 3.05) is 5.32 Å². The average molecular weight is 325 g/mol. The molecule has 0 radical (unpaired) electrons. The molecule has 0 atom stereocenters. The summed E-state index contributed by atoms with van der Waals surface area (Å²) in [7, 11) is 0. The minimum Gasteiger partial charge on any atom is -0.338 e. The largest absolute Gasteiger partial charge is 0.338 e. The predicted molar refractivity (Wildman–Crippen MR) is 104 cm³/mol. The van der Waals surface area contributed by atoms with Crippen LogP contribution in [0.3, 0.4) is 0 Å². The van der Waals surface area contributed by atoms with E-state index in [-0.39, 0.29) is 0 Å². The summed E-state index contributed by atoms with van der Waals surface area (Å²) in [5.41, 5.74) is 4.33. The molecular formula is C22H19N3. The van der Waals surface area contributed by atoms with Gasteiger partial charge >= 0.3 is 0 Å². The Morgan fingerprint density at radius 2 is 1.40 bits per heavy atom. The van der Waals surface area contributed by atoms with Crippen molar-refractivity contribution in [3.63, 3.8) is 0 Å². The summed E-state index contributed by atoms with van der Waals surface area (Å²) in [6.07, 6.45) is 0.969. The zero-order valence-electron chi connectivity index (χ0n) is 14.1. The first kappa shape index (κ1) is 15.3. The molecule has 0 aliphatic rings. The van der Waals surface area contributed by atoms with E-state index in [1.165, 1.54) is 5.56 Å². The van der Waals surface area contributed by atoms with Crippen molar-refractivity contribution in [1.82, 2.24) is 10.2 Å². The summed E-state index contributed by atoms with van der Waals surface area (Å²) in [5, 5.41) is 14.6. The second-order valence-electron chi connectivity index (χ2n) is 5.94. The lowest BCUT2D eigenvalue weighted by Gasteiger charge is -2.13. The quantitative estimate of drug-likeness (QED) is 0.530. The molecule has 1 aromatic heterocycles. The molecule has 0 fully saturated rings. The Bertz CT molecular complexity index is 1010. The van der Waals surface area contributed by atoms with E-state index in [9.17, 15) is 0 Å². The SMILES string of the molecule is CCc1ccccc1Nc1nnc(-c2ccccc2)c2ccccc12. The third-order valence-electron chi connectivity index (χ3n) is 4.39. The number of benzene rings is 3. The van der Waals surface area contributed by atoms with Gasteiger partial charge in [0.2, 0.25) is 0 Å². The number of aryl methyl sites for hydroxylation is 1. The average Bonchev–Trinajstić information content (AvgIpc) is 2.69. The molecule has 0 saturated carbocycles. The zero-order valence-corrected chi connectivity index (χ0v) is 14.1. The summed E-state index contributed by atoms with van der Waals surface area (Å²) >= 11 is 0. The molecular weight excluding hydrogens is 306 g/mol. The third-order valence-corrected chi connectivity index (χ3v) is 4.39. The first-order chi connectivity index (χ1) is 12.4. The van der Waals surface area contributed by atoms with Crippen LogP contribution in [0.2, 0.25) is 0 Å². The molecule has 0 saturated heterocycles. The molecule has 0 spiro atoms. The molecule has 3 nitrogen and oxygen atoms in total. The van der Waals surface area contributed by atoms with E-state index in [2.05, 4.69) is 64.9 Å². The van der Waals surface area contributed by atoms with Gasteiger partial charge in [0, 0.05) is 22.0 Å². The Hall–Kier alpha value is -3.20. The normalized spacial score (nSPS) is 10.8. The van der Waals surface area contributed by atoms with E-state index in [1.807, 2.05) is 36.4 Å². The van der Waals surface area contributed by atoms with Gasteiger partial charge in [-0.05, 0) is 18.1 Å². The van der Waals surface area contributed by atoms with Gasteiger partial charge in [0.25, 0.3) is 0 Å². The number of nitrogens with zero attached hydrogens (tertiary/aromatic N) is 2. The summed E-state index contributed by atoms with van der Waals surface area (Å²) in [5.74, 6) is 0.788. The van der Waals surface area contributed by atoms with Crippen LogP contribution in [-0.4, -0.2) is 10.2 Å². The number of fused-ring (bicyclic) bond motifs is 1. The molecule has 0 aliphatic heterocycles. The number of rotatable bonds is 4. The van der Waals surface area contributed by atoms with Crippen molar-refractivity contribution in [3.8, 4) is 11.3 Å². The molecule has 0 bridgehead atoms. The maximum atomic E-state index is 4.52. The first-order valence-corrected chi connectivity index (χ1v) is 8.52. The number of anilines is 2. The second kappa shape index (κ2) is 6.73. The number of hydrogen-bond donors (Lipinski definition) is 1. The van der Waals surface area contributed by atoms with Crippen molar-refractivity contribution in [1.29, 1.82) is 0 Å². The van der Waals surface area contributed by atoms with E-state index in [0.29, 0.717) is 0 Å². The van der Waals surface area contributed by atoms with E-state index < -0.39 is 0 Å². The monoisotopic (exact) mass is 325 g/mol. The van der Waals surface area contributed by atoms with Crippen LogP contribution >= 0.6 is 0 Å². The van der Waals surface area contributed by atoms with Crippen LogP contribution in [0, 0.1) is 0 Å². The predicted octanol–water partition coefficient (Wildman–Crippen LogP) is 5.60. The summed E-state index contributed by atoms with van der Waals surface area (Å²) in [6, 6.07) is 26.8. The first-order valence-electron chi connectivity index (χ1n) is 8.52. The molecule has 3 heteroatoms. The van der Waals surface area contributed by atoms with Crippen LogP contribution in [0.5, 0.6) is 0 Å². The molecule has 1 N–H and O–H groups in total. The van der Waals surface area contributed by atoms with E-state index >= 15 is 0 Å². The van der Waals surface area contributed by atoms with Gasteiger partial charge in [-0.3, -0.25) is 0 Å². The molecule has 4 rings (SSSR count). The van der Waals surface area contributed by atoms with E-state index in [4.69, 9.17) is 0 Å². The highest BCUT2D eigenvalue weighted by Gasteiger charge is 2.11. The minimum absolute atomic E-state index is 0.788. The van der Waals surface area contributed by atoms with Crippen LogP contribution < -0.4 is 5.32 Å². The zero-order chi connectivity index (χ0) is 17.1. The number of aromatic nitrogens is 2. The van der Waals surface area contributed by atoms with Gasteiger partial charge in [-0.2, -0.15) is 0 Å². The van der Waals surface area contributed by atoms with Gasteiger partial charge in [-0.15, -0.1) is 10.2 Å². The van der Waals surface area contributed by atoms with Crippen molar-refractivity contribution in [2.45, 2.75) is 13.3 Å². The highest BCUT2D eigenvalue weighted by Crippen LogP contribution is 2.31. The Labute approximate surface area is 147 Å². The van der Waals surface area contributed by atoms with Gasteiger partial charge in [-0.25, -0.2) is 0 Å². The number of para-hydroxylation sites is 1. The Balaban J connectivity index is 1.84. The highest BCUT2D eigenvalue weighted by atomic mass is 15.2. The third kappa shape index (κ3) is 2.96. The standard InChI is InChI=1S/C22H19N3/c1-2-16-10-6-9-15-20(16)23-22-19-14-8-7-13-18(19)21(24-25-22)17-11-4-3-5-12-17/h3-15H,2H2,1H3,(H,23,25). The van der Waals surface area contributed by atoms with Crippen LogP contribution in [-0.2, 0) is 6.42 Å². The molecule has 0 aliphatic carbocycles. The molecule has 4 aromatic rings. The fraction of sp³-hybridized carbons (Fsp3) is 0.0909. The van der Waals surface area contributed by atoms with Crippen LogP contribution in [0.4, 0.5) is 11.5 Å². The van der Waals surface area contributed by atoms with Crippen LogP contribution in [0.25, 0.3) is 22.0 Å². The number of nitrogens with one attached hydrogen (secondary N) is 1. The summed E-state index contributed by atoms with van der Waals surface area (Å²) in [4.78, 5) is 0. The van der Waals surface area contributed by atoms with Crippen LogP contribution in [0.1, 0.15) is 12.5 Å². The van der Waals surface area contributed by atoms with Gasteiger partial charge in [0.1, 0.15) is 5.69 Å². The van der Waals surface area contributed by atoms with Crippen molar-refractivity contribution in [2.24, 2.45) is 0 Å². The summed E-state index contributed by atoms with van der Waals surface area (Å²) < 4.78 is 0. The number of hydrogen-bond acceptors (Lipinski definition) is 3. The second-order valence-corrected chi connectivity index (χ2v) is 5.94. The topological polar surface area (TPSA) is 37.8 Å². The molecule has 1 heterocycles. The molecule has 122 valence electrons. The lowest BCUT2D eigenvalue weighted by Crippen LogP contribution is -2.01. The van der Waals surface area contributed by atoms with E-state index in [1.54, 1.807) is 0 Å². The highest BCUT2D eigenvalue weighted by molar-refractivity contribution is 6.00. The fourth-order valence-electron chi connectivity index (χ4n) is 3.08. The molecule has 0 unspecified atom stereocenters. The maximum Gasteiger partial charge on any atom is 0.161 e. The lowest BCUT2D eigenvalue weighted by molar-refractivity contribution is 1.06. The molecule has 25 heavy (non-hydrogen) atoms. The van der Waals surface area contributed by atoms with Gasteiger partial charge in [-0.1, -0.05) is 79.7 Å². The van der Waals surface area contributed by atoms with Crippen molar-refractivity contribution in [3.05, 3.63) is 84.4 Å². The van der Waals surface area contributed by atoms with Crippen molar-refractivity contribution >= 4 is 22.3 Å². The maximum absolute atomic E-state index is 4.52. The van der Waals surface area contributed by atoms with Gasteiger partial charge in [0.05, 0.1) is 0 Å². The Morgan fingerprint density at radius 1 is 0.720 bits per heavy atom. The van der Waals surface area contributed by atoms with Crippen molar-refractivity contribution < 1.29 is 0 Å². The minimum atomic E-state index is 0.788.